The summed E-state index contributed by atoms with van der Waals surface area (Å²) in [7, 11) is -3.71. The van der Waals surface area contributed by atoms with Crippen LogP contribution in [0.5, 0.6) is 0 Å². The summed E-state index contributed by atoms with van der Waals surface area (Å²) in [6.45, 7) is 7.17. The van der Waals surface area contributed by atoms with Crippen molar-refractivity contribution in [3.8, 4) is 0 Å². The first-order chi connectivity index (χ1) is 12.3. The smallest absolute Gasteiger partial charge is 0.242 e. The molecule has 1 aliphatic rings. The average Bonchev–Trinajstić information content (AvgIpc) is 2.60. The van der Waals surface area contributed by atoms with Crippen LogP contribution in [0.1, 0.15) is 33.1 Å². The van der Waals surface area contributed by atoms with E-state index in [4.69, 9.17) is 11.6 Å². The van der Waals surface area contributed by atoms with Gasteiger partial charge in [0.05, 0.1) is 5.02 Å². The Balaban J connectivity index is 1.73. The zero-order valence-electron chi connectivity index (χ0n) is 15.4. The number of rotatable bonds is 8. The molecule has 1 atom stereocenters. The molecule has 1 saturated heterocycles. The number of benzene rings is 1. The van der Waals surface area contributed by atoms with Crippen LogP contribution < -0.4 is 10.0 Å². The van der Waals surface area contributed by atoms with E-state index >= 15 is 0 Å². The van der Waals surface area contributed by atoms with Crippen molar-refractivity contribution in [2.45, 2.75) is 44.0 Å². The minimum absolute atomic E-state index is 0.0260. The molecule has 26 heavy (non-hydrogen) atoms. The number of sulfonamides is 1. The lowest BCUT2D eigenvalue weighted by Gasteiger charge is -2.35. The molecule has 1 heterocycles. The number of halogens is 1. The van der Waals surface area contributed by atoms with E-state index in [1.807, 2.05) is 0 Å². The summed E-state index contributed by atoms with van der Waals surface area (Å²) in [4.78, 5) is 14.5. The molecule has 0 aromatic heterocycles. The van der Waals surface area contributed by atoms with Crippen molar-refractivity contribution in [2.24, 2.45) is 5.92 Å². The highest BCUT2D eigenvalue weighted by Gasteiger charge is 2.22. The fourth-order valence-electron chi connectivity index (χ4n) is 3.12. The lowest BCUT2D eigenvalue weighted by molar-refractivity contribution is -0.121. The molecule has 0 saturated carbocycles. The highest BCUT2D eigenvalue weighted by atomic mass is 35.5. The minimum Gasteiger partial charge on any atom is -0.356 e. The third-order valence-electron chi connectivity index (χ3n) is 4.64. The summed E-state index contributed by atoms with van der Waals surface area (Å²) < 4.78 is 26.8. The van der Waals surface area contributed by atoms with Gasteiger partial charge in [0.1, 0.15) is 4.90 Å². The van der Waals surface area contributed by atoms with Crippen molar-refractivity contribution in [1.29, 1.82) is 0 Å². The van der Waals surface area contributed by atoms with Crippen LogP contribution in [0.25, 0.3) is 0 Å². The van der Waals surface area contributed by atoms with E-state index in [0.717, 1.165) is 25.9 Å². The molecule has 1 unspecified atom stereocenters. The summed E-state index contributed by atoms with van der Waals surface area (Å²) >= 11 is 5.92. The van der Waals surface area contributed by atoms with E-state index in [1.165, 1.54) is 12.1 Å². The van der Waals surface area contributed by atoms with Crippen LogP contribution in [0.15, 0.2) is 29.2 Å². The zero-order valence-corrected chi connectivity index (χ0v) is 16.9. The number of amides is 1. The number of hydrogen-bond acceptors (Lipinski definition) is 4. The minimum atomic E-state index is -3.71. The van der Waals surface area contributed by atoms with Gasteiger partial charge in [-0.25, -0.2) is 13.1 Å². The van der Waals surface area contributed by atoms with E-state index in [0.29, 0.717) is 18.5 Å². The van der Waals surface area contributed by atoms with Crippen LogP contribution in [-0.2, 0) is 14.8 Å². The number of carbonyl (C=O) groups excluding carboxylic acids is 1. The maximum Gasteiger partial charge on any atom is 0.242 e. The summed E-state index contributed by atoms with van der Waals surface area (Å²) in [6, 6.07) is 6.76. The molecule has 1 aromatic rings. The first-order valence-corrected chi connectivity index (χ1v) is 10.9. The lowest BCUT2D eigenvalue weighted by atomic mass is 9.97. The maximum absolute atomic E-state index is 12.2. The Hall–Kier alpha value is -1.15. The van der Waals surface area contributed by atoms with Crippen molar-refractivity contribution in [2.75, 3.05) is 26.2 Å². The van der Waals surface area contributed by atoms with Crippen LogP contribution in [0.4, 0.5) is 0 Å². The molecule has 1 aromatic carbocycles. The highest BCUT2D eigenvalue weighted by molar-refractivity contribution is 7.89. The Labute approximate surface area is 161 Å². The third kappa shape index (κ3) is 6.23. The van der Waals surface area contributed by atoms with Gasteiger partial charge in [0.15, 0.2) is 0 Å². The number of likely N-dealkylation sites (tertiary alicyclic amines) is 1. The second kappa shape index (κ2) is 9.69. The van der Waals surface area contributed by atoms with Gasteiger partial charge in [0.2, 0.25) is 15.9 Å². The average molecular weight is 402 g/mol. The van der Waals surface area contributed by atoms with Crippen LogP contribution in [0.3, 0.4) is 0 Å². The van der Waals surface area contributed by atoms with Crippen LogP contribution in [-0.4, -0.2) is 51.4 Å². The SMILES string of the molecule is CC(C)N1CCCC(CNC(=O)CCNS(=O)(=O)c2ccccc2Cl)C1. The molecule has 0 aliphatic carbocycles. The largest absolute Gasteiger partial charge is 0.356 e. The van der Waals surface area contributed by atoms with E-state index in [-0.39, 0.29) is 28.8 Å². The fourth-order valence-corrected chi connectivity index (χ4v) is 4.67. The van der Waals surface area contributed by atoms with E-state index in [2.05, 4.69) is 28.8 Å². The normalized spacial score (nSPS) is 18.8. The van der Waals surface area contributed by atoms with Crippen molar-refractivity contribution >= 4 is 27.5 Å². The van der Waals surface area contributed by atoms with E-state index in [1.54, 1.807) is 12.1 Å². The molecule has 6 nitrogen and oxygen atoms in total. The number of carbonyl (C=O) groups is 1. The van der Waals surface area contributed by atoms with Crippen molar-refractivity contribution in [1.82, 2.24) is 14.9 Å². The molecular formula is C18H28ClN3O3S. The van der Waals surface area contributed by atoms with E-state index < -0.39 is 10.0 Å². The fraction of sp³-hybridized carbons (Fsp3) is 0.611. The summed E-state index contributed by atoms with van der Waals surface area (Å²) in [5, 5.41) is 3.09. The molecule has 8 heteroatoms. The van der Waals surface area contributed by atoms with Crippen molar-refractivity contribution in [3.63, 3.8) is 0 Å². The first kappa shape index (κ1) is 21.2. The van der Waals surface area contributed by atoms with Gasteiger partial charge >= 0.3 is 0 Å². The molecule has 2 N–H and O–H groups in total. The predicted molar refractivity (Wildman–Crippen MR) is 104 cm³/mol. The van der Waals surface area contributed by atoms with Gasteiger partial charge in [-0.15, -0.1) is 0 Å². The Bertz CT molecular complexity index is 709. The Morgan fingerprint density at radius 3 is 2.77 bits per heavy atom. The van der Waals surface area contributed by atoms with Crippen molar-refractivity contribution < 1.29 is 13.2 Å². The molecule has 0 spiro atoms. The second-order valence-electron chi connectivity index (χ2n) is 6.98. The highest BCUT2D eigenvalue weighted by Crippen LogP contribution is 2.20. The number of nitrogens with zero attached hydrogens (tertiary/aromatic N) is 1. The van der Waals surface area contributed by atoms with Gasteiger partial charge in [-0.3, -0.25) is 4.79 Å². The number of nitrogens with one attached hydrogen (secondary N) is 2. The topological polar surface area (TPSA) is 78.5 Å². The molecule has 0 radical (unpaired) electrons. The molecule has 1 aliphatic heterocycles. The molecule has 1 amide bonds. The first-order valence-electron chi connectivity index (χ1n) is 9.04. The third-order valence-corrected chi connectivity index (χ3v) is 6.60. The van der Waals surface area contributed by atoms with Crippen LogP contribution in [0.2, 0.25) is 5.02 Å². The lowest BCUT2D eigenvalue weighted by Crippen LogP contribution is -2.44. The monoisotopic (exact) mass is 401 g/mol. The standard InChI is InChI=1S/C18H28ClN3O3S/c1-14(2)22-11-5-6-15(13-22)12-20-18(23)9-10-21-26(24,25)17-8-4-3-7-16(17)19/h3-4,7-8,14-15,21H,5-6,9-13H2,1-2H3,(H,20,23). The Morgan fingerprint density at radius 2 is 2.08 bits per heavy atom. The molecular weight excluding hydrogens is 374 g/mol. The predicted octanol–water partition coefficient (Wildman–Crippen LogP) is 2.25. The van der Waals surface area contributed by atoms with Gasteiger partial charge < -0.3 is 10.2 Å². The quantitative estimate of drug-likeness (QED) is 0.700. The maximum atomic E-state index is 12.2. The van der Waals surface area contributed by atoms with Crippen molar-refractivity contribution in [3.05, 3.63) is 29.3 Å². The van der Waals surface area contributed by atoms with Gasteiger partial charge in [-0.1, -0.05) is 23.7 Å². The molecule has 1 fully saturated rings. The second-order valence-corrected chi connectivity index (χ2v) is 9.12. The van der Waals surface area contributed by atoms with Gasteiger partial charge in [0.25, 0.3) is 0 Å². The molecule has 146 valence electrons. The van der Waals surface area contributed by atoms with E-state index in [9.17, 15) is 13.2 Å². The molecule has 2 rings (SSSR count). The van der Waals surface area contributed by atoms with Gasteiger partial charge in [-0.05, 0) is 51.3 Å². The number of piperidine rings is 1. The van der Waals surface area contributed by atoms with Gasteiger partial charge in [0, 0.05) is 32.1 Å². The van der Waals surface area contributed by atoms with Crippen LogP contribution >= 0.6 is 11.6 Å². The summed E-state index contributed by atoms with van der Waals surface area (Å²) in [5.41, 5.74) is 0. The summed E-state index contributed by atoms with van der Waals surface area (Å²) in [5.74, 6) is 0.309. The van der Waals surface area contributed by atoms with Gasteiger partial charge in [-0.2, -0.15) is 0 Å². The Morgan fingerprint density at radius 1 is 1.35 bits per heavy atom. The Kier molecular flexibility index (Phi) is 7.88. The number of hydrogen-bond donors (Lipinski definition) is 2. The summed E-state index contributed by atoms with van der Waals surface area (Å²) in [6.07, 6.45) is 2.36. The van der Waals surface area contributed by atoms with Crippen LogP contribution in [0, 0.1) is 5.92 Å². The molecule has 0 bridgehead atoms. The zero-order chi connectivity index (χ0) is 19.2.